The summed E-state index contributed by atoms with van der Waals surface area (Å²) in [4.78, 5) is 25.0. The molecule has 4 rings (SSSR count). The lowest BCUT2D eigenvalue weighted by atomic mass is 10.1. The van der Waals surface area contributed by atoms with Gasteiger partial charge in [-0.05, 0) is 61.0 Å². The molecule has 31 heavy (non-hydrogen) atoms. The smallest absolute Gasteiger partial charge is 0.286 e. The number of hydrogen-bond acceptors (Lipinski definition) is 6. The number of benzene rings is 2. The third-order valence-electron chi connectivity index (χ3n) is 5.20. The predicted octanol–water partition coefficient (Wildman–Crippen LogP) is 4.36. The number of thiocarbonyl (C=S) groups is 1. The second kappa shape index (κ2) is 9.46. The Hall–Kier alpha value is -2.29. The van der Waals surface area contributed by atoms with Gasteiger partial charge in [0.2, 0.25) is 5.91 Å². The average Bonchev–Trinajstić information content (AvgIpc) is 3.28. The average molecular weight is 477 g/mol. The number of amides is 2. The Morgan fingerprint density at radius 2 is 2.06 bits per heavy atom. The van der Waals surface area contributed by atoms with E-state index in [0.29, 0.717) is 29.8 Å². The number of thioether (sulfide) groups is 1. The van der Waals surface area contributed by atoms with Gasteiger partial charge >= 0.3 is 0 Å². The third-order valence-corrected chi connectivity index (χ3v) is 6.74. The minimum Gasteiger partial charge on any atom is -0.491 e. The van der Waals surface area contributed by atoms with Gasteiger partial charge in [-0.1, -0.05) is 47.6 Å². The molecule has 0 saturated carbocycles. The van der Waals surface area contributed by atoms with Gasteiger partial charge in [-0.2, -0.15) is 0 Å². The maximum Gasteiger partial charge on any atom is 0.286 e. The summed E-state index contributed by atoms with van der Waals surface area (Å²) in [5.41, 5.74) is 1.97. The van der Waals surface area contributed by atoms with E-state index in [1.165, 1.54) is 0 Å². The van der Waals surface area contributed by atoms with Crippen LogP contribution in [0.2, 0.25) is 5.02 Å². The van der Waals surface area contributed by atoms with E-state index in [4.69, 9.17) is 33.3 Å². The summed E-state index contributed by atoms with van der Waals surface area (Å²) < 4.78 is 11.8. The van der Waals surface area contributed by atoms with Crippen LogP contribution < -0.4 is 10.1 Å². The van der Waals surface area contributed by atoms with Crippen LogP contribution >= 0.6 is 35.6 Å². The van der Waals surface area contributed by atoms with Gasteiger partial charge in [-0.15, -0.1) is 0 Å². The molecule has 2 fully saturated rings. The van der Waals surface area contributed by atoms with Crippen molar-refractivity contribution in [1.82, 2.24) is 10.2 Å². The van der Waals surface area contributed by atoms with Crippen molar-refractivity contribution in [3.63, 3.8) is 0 Å². The summed E-state index contributed by atoms with van der Waals surface area (Å²) in [6, 6.07) is 15.2. The van der Waals surface area contributed by atoms with E-state index < -0.39 is 0 Å². The molecule has 1 N–H and O–H groups in total. The van der Waals surface area contributed by atoms with Crippen molar-refractivity contribution in [3.8, 4) is 5.75 Å². The Kier molecular flexibility index (Phi) is 6.69. The first-order valence-electron chi connectivity index (χ1n) is 9.85. The highest BCUT2D eigenvalue weighted by Crippen LogP contribution is 2.29. The number of imide groups is 1. The molecule has 2 aromatic rings. The van der Waals surface area contributed by atoms with Crippen molar-refractivity contribution < 1.29 is 19.1 Å². The number of carbonyl (C=O) groups excluding carboxylic acids is 2. The van der Waals surface area contributed by atoms with Crippen molar-refractivity contribution in [2.75, 3.05) is 13.2 Å². The highest BCUT2D eigenvalue weighted by atomic mass is 35.5. The van der Waals surface area contributed by atoms with Crippen LogP contribution in [-0.4, -0.2) is 45.7 Å². The van der Waals surface area contributed by atoms with E-state index in [2.05, 4.69) is 5.32 Å². The molecule has 9 heteroatoms. The molecule has 2 amide bonds. The first kappa shape index (κ1) is 21.9. The van der Waals surface area contributed by atoms with Crippen molar-refractivity contribution in [2.24, 2.45) is 0 Å². The topological polar surface area (TPSA) is 67.9 Å². The Morgan fingerprint density at radius 3 is 2.74 bits per heavy atom. The summed E-state index contributed by atoms with van der Waals surface area (Å²) in [7, 11) is 0. The van der Waals surface area contributed by atoms with Crippen LogP contribution in [0, 0.1) is 0 Å². The van der Waals surface area contributed by atoms with Gasteiger partial charge in [0.05, 0.1) is 17.8 Å². The Labute approximate surface area is 195 Å². The van der Waals surface area contributed by atoms with Crippen LogP contribution in [0.1, 0.15) is 24.2 Å². The molecule has 1 unspecified atom stereocenters. The molecule has 6 nitrogen and oxygen atoms in total. The molecule has 2 aromatic carbocycles. The lowest BCUT2D eigenvalue weighted by Crippen LogP contribution is -2.37. The lowest BCUT2D eigenvalue weighted by molar-refractivity contribution is -0.118. The summed E-state index contributed by atoms with van der Waals surface area (Å²) in [6.45, 7) is 3.13. The number of ether oxygens (including phenoxy) is 2. The molecular weight excluding hydrogens is 456 g/mol. The summed E-state index contributed by atoms with van der Waals surface area (Å²) >= 11 is 12.5. The molecule has 0 spiro atoms. The SMILES string of the molecule is C[C@H](COc1ccc(CC2SC(=O)NC2=O)cc1)N1C[C@@H](c2cccc(Cl)c2)OC1=S. The van der Waals surface area contributed by atoms with E-state index in [1.807, 2.05) is 60.4 Å². The normalized spacial score (nSPS) is 21.7. The molecule has 0 aliphatic carbocycles. The van der Waals surface area contributed by atoms with Crippen LogP contribution in [0.25, 0.3) is 0 Å². The minimum atomic E-state index is -0.372. The maximum atomic E-state index is 11.7. The van der Waals surface area contributed by atoms with Gasteiger partial charge in [0.25, 0.3) is 10.4 Å². The predicted molar refractivity (Wildman–Crippen MR) is 125 cm³/mol. The molecule has 0 bridgehead atoms. The van der Waals surface area contributed by atoms with Gasteiger partial charge in [-0.25, -0.2) is 0 Å². The van der Waals surface area contributed by atoms with E-state index in [-0.39, 0.29) is 28.5 Å². The largest absolute Gasteiger partial charge is 0.491 e. The van der Waals surface area contributed by atoms with Crippen molar-refractivity contribution >= 4 is 51.9 Å². The first-order chi connectivity index (χ1) is 14.9. The summed E-state index contributed by atoms with van der Waals surface area (Å²) in [5.74, 6) is 0.497. The number of rotatable bonds is 7. The zero-order chi connectivity index (χ0) is 22.0. The quantitative estimate of drug-likeness (QED) is 0.595. The monoisotopic (exact) mass is 476 g/mol. The fraction of sp³-hybridized carbons (Fsp3) is 0.318. The highest BCUT2D eigenvalue weighted by Gasteiger charge is 2.33. The molecule has 0 radical (unpaired) electrons. The third kappa shape index (κ3) is 5.31. The first-order valence-corrected chi connectivity index (χ1v) is 11.5. The van der Waals surface area contributed by atoms with Gasteiger partial charge in [0.15, 0.2) is 0 Å². The van der Waals surface area contributed by atoms with E-state index in [9.17, 15) is 9.59 Å². The van der Waals surface area contributed by atoms with Gasteiger partial charge in [-0.3, -0.25) is 14.9 Å². The standard InChI is InChI=1S/C22H21ClN2O4S2/c1-13(25-11-18(29-22(25)30)15-3-2-4-16(23)10-15)12-28-17-7-5-14(6-8-17)9-19-20(26)24-21(27)31-19/h2-8,10,13,18-19H,9,11-12H2,1H3,(H,24,26,27)/t13-,18+,19?/m1/s1. The number of carbonyl (C=O) groups is 2. The summed E-state index contributed by atoms with van der Waals surface area (Å²) in [5, 5.41) is 2.77. The van der Waals surface area contributed by atoms with E-state index >= 15 is 0 Å². The van der Waals surface area contributed by atoms with E-state index in [0.717, 1.165) is 28.6 Å². The zero-order valence-corrected chi connectivity index (χ0v) is 19.1. The van der Waals surface area contributed by atoms with Gasteiger partial charge in [0, 0.05) is 5.02 Å². The van der Waals surface area contributed by atoms with Crippen LogP contribution in [0.3, 0.4) is 0 Å². The highest BCUT2D eigenvalue weighted by molar-refractivity contribution is 8.15. The van der Waals surface area contributed by atoms with Crippen LogP contribution in [0.5, 0.6) is 5.75 Å². The Bertz CT molecular complexity index is 1000. The van der Waals surface area contributed by atoms with Crippen LogP contribution in [0.15, 0.2) is 48.5 Å². The maximum absolute atomic E-state index is 11.7. The van der Waals surface area contributed by atoms with Crippen molar-refractivity contribution in [3.05, 3.63) is 64.7 Å². The fourth-order valence-corrected chi connectivity index (χ4v) is 4.92. The van der Waals surface area contributed by atoms with Crippen LogP contribution in [-0.2, 0) is 16.0 Å². The van der Waals surface area contributed by atoms with E-state index in [1.54, 1.807) is 0 Å². The number of nitrogens with one attached hydrogen (secondary N) is 1. The second-order valence-corrected chi connectivity index (χ2v) is 9.43. The lowest BCUT2D eigenvalue weighted by Gasteiger charge is -2.23. The van der Waals surface area contributed by atoms with Crippen molar-refractivity contribution in [1.29, 1.82) is 0 Å². The van der Waals surface area contributed by atoms with Gasteiger partial charge in [0.1, 0.15) is 18.5 Å². The van der Waals surface area contributed by atoms with Crippen molar-refractivity contribution in [2.45, 2.75) is 30.7 Å². The number of hydrogen-bond donors (Lipinski definition) is 1. The molecule has 2 heterocycles. The van der Waals surface area contributed by atoms with Gasteiger partial charge < -0.3 is 14.4 Å². The molecule has 0 aromatic heterocycles. The second-order valence-electron chi connectivity index (χ2n) is 7.47. The minimum absolute atomic E-state index is 0.0287. The Balaban J connectivity index is 1.29. The number of halogens is 1. The molecule has 2 aliphatic rings. The van der Waals surface area contributed by atoms with Crippen LogP contribution in [0.4, 0.5) is 4.79 Å². The zero-order valence-electron chi connectivity index (χ0n) is 16.7. The molecular formula is C22H21ClN2O4S2. The molecule has 2 aliphatic heterocycles. The molecule has 3 atom stereocenters. The number of nitrogens with zero attached hydrogens (tertiary/aromatic N) is 1. The molecule has 2 saturated heterocycles. The Morgan fingerprint density at radius 1 is 1.29 bits per heavy atom. The summed E-state index contributed by atoms with van der Waals surface area (Å²) in [6.07, 6.45) is 0.355. The fourth-order valence-electron chi connectivity index (χ4n) is 3.49. The molecule has 162 valence electrons.